The molecule has 7 heteroatoms. The van der Waals surface area contributed by atoms with Gasteiger partial charge in [0.25, 0.3) is 11.8 Å². The predicted octanol–water partition coefficient (Wildman–Crippen LogP) is 3.87. The van der Waals surface area contributed by atoms with E-state index >= 15 is 0 Å². The summed E-state index contributed by atoms with van der Waals surface area (Å²) >= 11 is 5.91. The van der Waals surface area contributed by atoms with Gasteiger partial charge in [0.1, 0.15) is 11.6 Å². The molecule has 1 aliphatic heterocycles. The fourth-order valence-corrected chi connectivity index (χ4v) is 2.91. The molecule has 0 bridgehead atoms. The predicted molar refractivity (Wildman–Crippen MR) is 93.9 cm³/mol. The van der Waals surface area contributed by atoms with Gasteiger partial charge in [-0.25, -0.2) is 4.39 Å². The maximum absolute atomic E-state index is 13.8. The molecular weight excluding hydrogens is 347 g/mol. The molecule has 0 saturated carbocycles. The van der Waals surface area contributed by atoms with Crippen LogP contribution in [-0.2, 0) is 4.79 Å². The van der Waals surface area contributed by atoms with E-state index < -0.39 is 11.7 Å². The number of anilines is 2. The van der Waals surface area contributed by atoms with Crippen molar-refractivity contribution in [2.45, 2.75) is 13.3 Å². The van der Waals surface area contributed by atoms with Gasteiger partial charge in [0.05, 0.1) is 16.3 Å². The summed E-state index contributed by atoms with van der Waals surface area (Å²) in [6.07, 6.45) is 0.815. The molecule has 0 radical (unpaired) electrons. The van der Waals surface area contributed by atoms with Crippen molar-refractivity contribution in [2.75, 3.05) is 23.4 Å². The molecule has 25 heavy (non-hydrogen) atoms. The summed E-state index contributed by atoms with van der Waals surface area (Å²) in [5.74, 6) is -0.964. The zero-order valence-electron chi connectivity index (χ0n) is 13.5. The topological polar surface area (TPSA) is 58.6 Å². The van der Waals surface area contributed by atoms with Crippen LogP contribution in [0.1, 0.15) is 23.7 Å². The van der Waals surface area contributed by atoms with Crippen molar-refractivity contribution < 1.29 is 18.7 Å². The minimum absolute atomic E-state index is 0.0337. The number of nitrogens with zero attached hydrogens (tertiary/aromatic N) is 1. The quantitative estimate of drug-likeness (QED) is 0.898. The van der Waals surface area contributed by atoms with E-state index in [1.54, 1.807) is 23.1 Å². The van der Waals surface area contributed by atoms with E-state index in [9.17, 15) is 14.0 Å². The molecule has 3 rings (SSSR count). The normalized spacial score (nSPS) is 13.2. The van der Waals surface area contributed by atoms with Gasteiger partial charge < -0.3 is 15.0 Å². The highest BCUT2D eigenvalue weighted by molar-refractivity contribution is 6.34. The Morgan fingerprint density at radius 3 is 2.88 bits per heavy atom. The smallest absolute Gasteiger partial charge is 0.265 e. The van der Waals surface area contributed by atoms with Crippen molar-refractivity contribution >= 4 is 34.8 Å². The third kappa shape index (κ3) is 3.44. The van der Waals surface area contributed by atoms with Crippen LogP contribution in [0.25, 0.3) is 0 Å². The fraction of sp³-hybridized carbons (Fsp3) is 0.222. The Bertz CT molecular complexity index is 821. The molecule has 2 aromatic rings. The Hall–Kier alpha value is -2.60. The van der Waals surface area contributed by atoms with E-state index in [1.165, 1.54) is 18.2 Å². The second-order valence-corrected chi connectivity index (χ2v) is 5.97. The fourth-order valence-electron chi connectivity index (χ4n) is 2.66. The summed E-state index contributed by atoms with van der Waals surface area (Å²) in [5, 5.41) is 2.63. The van der Waals surface area contributed by atoms with Crippen LogP contribution in [0.4, 0.5) is 15.8 Å². The summed E-state index contributed by atoms with van der Waals surface area (Å²) in [6.45, 7) is 2.52. The molecule has 0 aliphatic carbocycles. The van der Waals surface area contributed by atoms with Crippen LogP contribution < -0.4 is 15.0 Å². The van der Waals surface area contributed by atoms with Gasteiger partial charge in [-0.15, -0.1) is 0 Å². The lowest BCUT2D eigenvalue weighted by Gasteiger charge is -2.29. The molecular formula is C18H16ClFN2O3. The van der Waals surface area contributed by atoms with E-state index in [0.29, 0.717) is 23.7 Å². The van der Waals surface area contributed by atoms with Crippen molar-refractivity contribution in [3.8, 4) is 5.75 Å². The van der Waals surface area contributed by atoms with E-state index in [1.807, 2.05) is 6.92 Å². The third-order valence-electron chi connectivity index (χ3n) is 3.80. The molecule has 5 nitrogen and oxygen atoms in total. The number of nitrogens with one attached hydrogen (secondary N) is 1. The standard InChI is InChI=1S/C18H16ClFN2O3/c1-2-8-22-14-7-6-11(9-15(14)25-10-16(22)23)21-18(24)17-12(19)4-3-5-13(17)20/h3-7,9H,2,8,10H2,1H3,(H,21,24). The first kappa shape index (κ1) is 17.2. The van der Waals surface area contributed by atoms with Gasteiger partial charge in [-0.05, 0) is 30.7 Å². The van der Waals surface area contributed by atoms with E-state index in [4.69, 9.17) is 16.3 Å². The molecule has 1 N–H and O–H groups in total. The first-order valence-electron chi connectivity index (χ1n) is 7.84. The average molecular weight is 363 g/mol. The van der Waals surface area contributed by atoms with Gasteiger partial charge in [-0.1, -0.05) is 24.6 Å². The van der Waals surface area contributed by atoms with Crippen LogP contribution in [0.5, 0.6) is 5.75 Å². The molecule has 0 unspecified atom stereocenters. The SMILES string of the molecule is CCCN1C(=O)COc2cc(NC(=O)c3c(F)cccc3Cl)ccc21. The lowest BCUT2D eigenvalue weighted by molar-refractivity contribution is -0.121. The maximum atomic E-state index is 13.8. The van der Waals surface area contributed by atoms with E-state index in [0.717, 1.165) is 6.42 Å². The summed E-state index contributed by atoms with van der Waals surface area (Å²) in [6, 6.07) is 8.99. The summed E-state index contributed by atoms with van der Waals surface area (Å²) in [7, 11) is 0. The number of rotatable bonds is 4. The first-order valence-corrected chi connectivity index (χ1v) is 8.21. The zero-order chi connectivity index (χ0) is 18.0. The molecule has 1 aliphatic rings. The van der Waals surface area contributed by atoms with Crippen LogP contribution in [0.15, 0.2) is 36.4 Å². The van der Waals surface area contributed by atoms with Gasteiger partial charge in [0.2, 0.25) is 0 Å². The molecule has 1 heterocycles. The summed E-state index contributed by atoms with van der Waals surface area (Å²) in [5.41, 5.74) is 0.861. The molecule has 2 amide bonds. The van der Waals surface area contributed by atoms with Crippen LogP contribution >= 0.6 is 11.6 Å². The summed E-state index contributed by atoms with van der Waals surface area (Å²) < 4.78 is 19.3. The summed E-state index contributed by atoms with van der Waals surface area (Å²) in [4.78, 5) is 25.9. The molecule has 0 fully saturated rings. The Kier molecular flexibility index (Phi) is 4.90. The Balaban J connectivity index is 1.86. The van der Waals surface area contributed by atoms with Crippen molar-refractivity contribution in [2.24, 2.45) is 0 Å². The Morgan fingerprint density at radius 2 is 2.16 bits per heavy atom. The minimum atomic E-state index is -0.695. The monoisotopic (exact) mass is 362 g/mol. The first-order chi connectivity index (χ1) is 12.0. The highest BCUT2D eigenvalue weighted by atomic mass is 35.5. The number of ether oxygens (including phenoxy) is 1. The number of halogens is 2. The van der Waals surface area contributed by atoms with Crippen LogP contribution in [-0.4, -0.2) is 25.0 Å². The lowest BCUT2D eigenvalue weighted by atomic mass is 10.1. The minimum Gasteiger partial charge on any atom is -0.481 e. The zero-order valence-corrected chi connectivity index (χ0v) is 14.3. The molecule has 0 spiro atoms. The molecule has 130 valence electrons. The number of hydrogen-bond donors (Lipinski definition) is 1. The van der Waals surface area contributed by atoms with E-state index in [2.05, 4.69) is 5.32 Å². The number of benzene rings is 2. The lowest BCUT2D eigenvalue weighted by Crippen LogP contribution is -2.39. The van der Waals surface area contributed by atoms with Gasteiger partial charge >= 0.3 is 0 Å². The number of carbonyl (C=O) groups excluding carboxylic acids is 2. The van der Waals surface area contributed by atoms with Gasteiger partial charge in [-0.3, -0.25) is 9.59 Å². The van der Waals surface area contributed by atoms with Crippen molar-refractivity contribution in [3.05, 3.63) is 52.8 Å². The van der Waals surface area contributed by atoms with Crippen LogP contribution in [0, 0.1) is 5.82 Å². The number of carbonyl (C=O) groups is 2. The number of fused-ring (bicyclic) bond motifs is 1. The molecule has 2 aromatic carbocycles. The average Bonchev–Trinajstić information content (AvgIpc) is 2.57. The van der Waals surface area contributed by atoms with Crippen molar-refractivity contribution in [3.63, 3.8) is 0 Å². The van der Waals surface area contributed by atoms with Gasteiger partial charge in [0.15, 0.2) is 6.61 Å². The van der Waals surface area contributed by atoms with Gasteiger partial charge in [0, 0.05) is 18.3 Å². The molecule has 0 saturated heterocycles. The Morgan fingerprint density at radius 1 is 1.36 bits per heavy atom. The van der Waals surface area contributed by atoms with Crippen molar-refractivity contribution in [1.82, 2.24) is 0 Å². The second kappa shape index (κ2) is 7.11. The highest BCUT2D eigenvalue weighted by Crippen LogP contribution is 2.35. The molecule has 0 aromatic heterocycles. The second-order valence-electron chi connectivity index (χ2n) is 5.57. The van der Waals surface area contributed by atoms with Crippen molar-refractivity contribution in [1.29, 1.82) is 0 Å². The van der Waals surface area contributed by atoms with Crippen LogP contribution in [0.2, 0.25) is 5.02 Å². The maximum Gasteiger partial charge on any atom is 0.265 e. The largest absolute Gasteiger partial charge is 0.481 e. The number of hydrogen-bond acceptors (Lipinski definition) is 3. The third-order valence-corrected chi connectivity index (χ3v) is 4.11. The van der Waals surface area contributed by atoms with Crippen LogP contribution in [0.3, 0.4) is 0 Å². The number of amides is 2. The molecule has 0 atom stereocenters. The van der Waals surface area contributed by atoms with E-state index in [-0.39, 0.29) is 23.1 Å². The Labute approximate surface area is 149 Å². The van der Waals surface area contributed by atoms with Gasteiger partial charge in [-0.2, -0.15) is 0 Å². The highest BCUT2D eigenvalue weighted by Gasteiger charge is 2.25.